The first-order valence-corrected chi connectivity index (χ1v) is 4.54. The van der Waals surface area contributed by atoms with Crippen LogP contribution in [0.2, 0.25) is 0 Å². The molecule has 0 radical (unpaired) electrons. The van der Waals surface area contributed by atoms with E-state index in [2.05, 4.69) is 4.84 Å². The summed E-state index contributed by atoms with van der Waals surface area (Å²) in [4.78, 5) is 15.1. The third kappa shape index (κ3) is 3.96. The number of benzene rings is 1. The minimum absolute atomic E-state index is 0.0875. The fraction of sp³-hybridized carbons (Fsp3) is 0.200. The number of nitriles is 1. The SMILES string of the molecule is N#Cc1ccc(OCCC(=O)ONN)cc1. The highest BCUT2D eigenvalue weighted by Crippen LogP contribution is 2.11. The van der Waals surface area contributed by atoms with E-state index >= 15 is 0 Å². The third-order valence-electron chi connectivity index (χ3n) is 1.73. The number of nitrogens with one attached hydrogen (secondary N) is 1. The van der Waals surface area contributed by atoms with Gasteiger partial charge in [0, 0.05) is 0 Å². The van der Waals surface area contributed by atoms with Gasteiger partial charge in [-0.2, -0.15) is 5.26 Å². The lowest BCUT2D eigenvalue weighted by molar-refractivity contribution is -0.151. The molecule has 0 unspecified atom stereocenters. The predicted molar refractivity (Wildman–Crippen MR) is 54.7 cm³/mol. The second-order valence-electron chi connectivity index (χ2n) is 2.83. The summed E-state index contributed by atoms with van der Waals surface area (Å²) in [5, 5.41) is 8.57. The van der Waals surface area contributed by atoms with Crippen LogP contribution in [-0.2, 0) is 9.63 Å². The van der Waals surface area contributed by atoms with Crippen molar-refractivity contribution < 1.29 is 14.4 Å². The highest BCUT2D eigenvalue weighted by atomic mass is 16.7. The molecule has 6 nitrogen and oxygen atoms in total. The Hall–Kier alpha value is -2.10. The predicted octanol–water partition coefficient (Wildman–Crippen LogP) is 0.249. The second kappa shape index (κ2) is 6.40. The van der Waals surface area contributed by atoms with Gasteiger partial charge in [-0.25, -0.2) is 5.84 Å². The molecule has 0 aromatic heterocycles. The first kappa shape index (κ1) is 12.0. The number of hydrazine groups is 1. The normalized spacial score (nSPS) is 9.25. The molecule has 16 heavy (non-hydrogen) atoms. The van der Waals surface area contributed by atoms with Gasteiger partial charge in [-0.3, -0.25) is 4.79 Å². The number of rotatable bonds is 5. The summed E-state index contributed by atoms with van der Waals surface area (Å²) < 4.78 is 5.24. The molecule has 3 N–H and O–H groups in total. The number of nitrogens with zero attached hydrogens (tertiary/aromatic N) is 1. The molecule has 0 fully saturated rings. The summed E-state index contributed by atoms with van der Waals surface area (Å²) in [6, 6.07) is 8.58. The Morgan fingerprint density at radius 2 is 2.12 bits per heavy atom. The molecule has 0 bridgehead atoms. The lowest BCUT2D eigenvalue weighted by atomic mass is 10.2. The van der Waals surface area contributed by atoms with Crippen LogP contribution in [0.25, 0.3) is 0 Å². The van der Waals surface area contributed by atoms with Gasteiger partial charge in [0.1, 0.15) is 5.75 Å². The van der Waals surface area contributed by atoms with Gasteiger partial charge in [-0.15, -0.1) is 0 Å². The van der Waals surface area contributed by atoms with Crippen molar-refractivity contribution in [1.29, 1.82) is 5.26 Å². The molecule has 0 saturated carbocycles. The van der Waals surface area contributed by atoms with E-state index in [4.69, 9.17) is 15.8 Å². The monoisotopic (exact) mass is 221 g/mol. The lowest BCUT2D eigenvalue weighted by Crippen LogP contribution is -2.26. The molecule has 0 amide bonds. The quantitative estimate of drug-likeness (QED) is 0.546. The zero-order valence-electron chi connectivity index (χ0n) is 8.47. The van der Waals surface area contributed by atoms with Gasteiger partial charge in [0.2, 0.25) is 0 Å². The molecule has 1 aromatic carbocycles. The average Bonchev–Trinajstić information content (AvgIpc) is 2.30. The molecule has 6 heteroatoms. The van der Waals surface area contributed by atoms with Gasteiger partial charge in [0.15, 0.2) is 0 Å². The molecule has 0 saturated heterocycles. The van der Waals surface area contributed by atoms with Crippen molar-refractivity contribution in [2.45, 2.75) is 6.42 Å². The maximum Gasteiger partial charge on any atom is 0.329 e. The highest BCUT2D eigenvalue weighted by Gasteiger charge is 2.02. The highest BCUT2D eigenvalue weighted by molar-refractivity contribution is 5.69. The van der Waals surface area contributed by atoms with Crippen LogP contribution in [0, 0.1) is 11.3 Å². The largest absolute Gasteiger partial charge is 0.493 e. The fourth-order valence-corrected chi connectivity index (χ4v) is 0.995. The van der Waals surface area contributed by atoms with Crippen LogP contribution in [0.5, 0.6) is 5.75 Å². The number of nitrogens with two attached hydrogens (primary N) is 1. The van der Waals surface area contributed by atoms with Crippen molar-refractivity contribution in [3.8, 4) is 11.8 Å². The van der Waals surface area contributed by atoms with E-state index in [0.29, 0.717) is 11.3 Å². The van der Waals surface area contributed by atoms with E-state index in [0.717, 1.165) is 0 Å². The number of hydrogen-bond donors (Lipinski definition) is 2. The fourth-order valence-electron chi connectivity index (χ4n) is 0.995. The van der Waals surface area contributed by atoms with E-state index in [9.17, 15) is 4.79 Å². The first-order chi connectivity index (χ1) is 7.76. The van der Waals surface area contributed by atoms with E-state index in [1.54, 1.807) is 29.9 Å². The van der Waals surface area contributed by atoms with Crippen LogP contribution in [0.3, 0.4) is 0 Å². The Bertz CT molecular complexity index is 383. The van der Waals surface area contributed by atoms with Crippen LogP contribution < -0.4 is 16.2 Å². The molecule has 0 aliphatic rings. The van der Waals surface area contributed by atoms with Crippen LogP contribution in [0.15, 0.2) is 24.3 Å². The molecule has 84 valence electrons. The molecular weight excluding hydrogens is 210 g/mol. The van der Waals surface area contributed by atoms with Gasteiger partial charge in [0.05, 0.1) is 24.7 Å². The maximum absolute atomic E-state index is 10.8. The molecule has 0 aliphatic carbocycles. The van der Waals surface area contributed by atoms with Crippen LogP contribution in [0.1, 0.15) is 12.0 Å². The van der Waals surface area contributed by atoms with Crippen LogP contribution >= 0.6 is 0 Å². The Balaban J connectivity index is 2.32. The standard InChI is InChI=1S/C10H11N3O3/c11-7-8-1-3-9(4-2-8)15-6-5-10(14)16-13-12/h1-4,13H,5-6,12H2. The molecule has 0 heterocycles. The van der Waals surface area contributed by atoms with Crippen molar-refractivity contribution >= 4 is 5.97 Å². The van der Waals surface area contributed by atoms with Crippen molar-refractivity contribution in [3.05, 3.63) is 29.8 Å². The number of carbonyl (C=O) groups excluding carboxylic acids is 1. The number of hydrogen-bond acceptors (Lipinski definition) is 6. The van der Waals surface area contributed by atoms with Gasteiger partial charge in [0.25, 0.3) is 0 Å². The minimum atomic E-state index is -0.504. The van der Waals surface area contributed by atoms with E-state index in [1.165, 1.54) is 0 Å². The van der Waals surface area contributed by atoms with Crippen molar-refractivity contribution in [1.82, 2.24) is 5.59 Å². The molecular formula is C10H11N3O3. The Morgan fingerprint density at radius 1 is 1.44 bits per heavy atom. The summed E-state index contributed by atoms with van der Waals surface area (Å²) in [5.41, 5.74) is 2.34. The zero-order chi connectivity index (χ0) is 11.8. The van der Waals surface area contributed by atoms with E-state index in [-0.39, 0.29) is 13.0 Å². The Labute approximate surface area is 92.5 Å². The van der Waals surface area contributed by atoms with Crippen LogP contribution in [0.4, 0.5) is 0 Å². The smallest absolute Gasteiger partial charge is 0.329 e. The van der Waals surface area contributed by atoms with Crippen LogP contribution in [-0.4, -0.2) is 12.6 Å². The van der Waals surface area contributed by atoms with Crippen molar-refractivity contribution in [3.63, 3.8) is 0 Å². The molecule has 1 aromatic rings. The molecule has 0 atom stereocenters. The Kier molecular flexibility index (Phi) is 4.79. The van der Waals surface area contributed by atoms with E-state index in [1.807, 2.05) is 6.07 Å². The minimum Gasteiger partial charge on any atom is -0.493 e. The summed E-state index contributed by atoms with van der Waals surface area (Å²) in [5.74, 6) is 4.87. The third-order valence-corrected chi connectivity index (χ3v) is 1.73. The topological polar surface area (TPSA) is 97.4 Å². The summed E-state index contributed by atoms with van der Waals surface area (Å²) in [7, 11) is 0. The second-order valence-corrected chi connectivity index (χ2v) is 2.83. The van der Waals surface area contributed by atoms with E-state index < -0.39 is 5.97 Å². The summed E-state index contributed by atoms with van der Waals surface area (Å²) >= 11 is 0. The summed E-state index contributed by atoms with van der Waals surface area (Å²) in [6.07, 6.45) is 0.0875. The molecule has 0 spiro atoms. The van der Waals surface area contributed by atoms with Gasteiger partial charge in [-0.1, -0.05) is 5.59 Å². The molecule has 1 rings (SSSR count). The van der Waals surface area contributed by atoms with Crippen molar-refractivity contribution in [2.75, 3.05) is 6.61 Å². The Morgan fingerprint density at radius 3 is 2.69 bits per heavy atom. The lowest BCUT2D eigenvalue weighted by Gasteiger charge is -2.05. The van der Waals surface area contributed by atoms with Gasteiger partial charge in [-0.05, 0) is 24.3 Å². The van der Waals surface area contributed by atoms with Gasteiger partial charge < -0.3 is 9.57 Å². The number of ether oxygens (including phenoxy) is 1. The summed E-state index contributed by atoms with van der Waals surface area (Å²) in [6.45, 7) is 0.187. The average molecular weight is 221 g/mol. The van der Waals surface area contributed by atoms with Gasteiger partial charge >= 0.3 is 5.97 Å². The number of carbonyl (C=O) groups is 1. The molecule has 0 aliphatic heterocycles. The first-order valence-electron chi connectivity index (χ1n) is 4.54. The van der Waals surface area contributed by atoms with Crippen molar-refractivity contribution in [2.24, 2.45) is 5.84 Å². The zero-order valence-corrected chi connectivity index (χ0v) is 8.47. The maximum atomic E-state index is 10.8.